The number of nitrogens with zero attached hydrogens (tertiary/aromatic N) is 6. The highest BCUT2D eigenvalue weighted by atomic mass is 15.0. The first-order valence-electron chi connectivity index (χ1n) is 10.0. The molecule has 0 amide bonds. The van der Waals surface area contributed by atoms with Gasteiger partial charge in [-0.2, -0.15) is 5.26 Å². The maximum absolute atomic E-state index is 8.98. The maximum Gasteiger partial charge on any atom is 0.232 e. The summed E-state index contributed by atoms with van der Waals surface area (Å²) in [4.78, 5) is 22.1. The average molecular weight is 415 g/mol. The number of anilines is 1. The summed E-state index contributed by atoms with van der Waals surface area (Å²) in [7, 11) is 0. The summed E-state index contributed by atoms with van der Waals surface area (Å²) in [5.74, 6) is 1.28. The minimum Gasteiger partial charge on any atom is -0.364 e. The van der Waals surface area contributed by atoms with Crippen molar-refractivity contribution in [3.8, 4) is 28.6 Å². The lowest BCUT2D eigenvalue weighted by molar-refractivity contribution is 1.03. The summed E-state index contributed by atoms with van der Waals surface area (Å²) in [6.45, 7) is 0.513. The predicted octanol–water partition coefficient (Wildman–Crippen LogP) is 4.63. The lowest BCUT2D eigenvalue weighted by atomic mass is 10.0. The second kappa shape index (κ2) is 8.58. The van der Waals surface area contributed by atoms with Gasteiger partial charge in [0, 0.05) is 18.6 Å². The van der Waals surface area contributed by atoms with Gasteiger partial charge >= 0.3 is 0 Å². The predicted molar refractivity (Wildman–Crippen MR) is 122 cm³/mol. The largest absolute Gasteiger partial charge is 0.364 e. The molecule has 5 rings (SSSR count). The van der Waals surface area contributed by atoms with E-state index in [1.807, 2.05) is 54.6 Å². The smallest absolute Gasteiger partial charge is 0.232 e. The summed E-state index contributed by atoms with van der Waals surface area (Å²) in [5.41, 5.74) is 4.45. The molecule has 0 saturated carbocycles. The van der Waals surface area contributed by atoms with Gasteiger partial charge in [0.25, 0.3) is 0 Å². The summed E-state index contributed by atoms with van der Waals surface area (Å²) in [6.07, 6.45) is 4.90. The molecule has 5 aromatic rings. The van der Waals surface area contributed by atoms with Crippen molar-refractivity contribution in [2.24, 2.45) is 0 Å². The number of pyridine rings is 1. The zero-order chi connectivity index (χ0) is 21.8. The number of rotatable bonds is 5. The van der Waals surface area contributed by atoms with Gasteiger partial charge in [-0.3, -0.25) is 4.98 Å². The van der Waals surface area contributed by atoms with Crippen LogP contribution in [0.15, 0.2) is 85.3 Å². The van der Waals surface area contributed by atoms with Crippen molar-refractivity contribution in [1.29, 1.82) is 5.26 Å². The first-order chi connectivity index (χ1) is 15.8. The van der Waals surface area contributed by atoms with Gasteiger partial charge in [0.1, 0.15) is 11.9 Å². The van der Waals surface area contributed by atoms with E-state index in [4.69, 9.17) is 15.2 Å². The van der Waals surface area contributed by atoms with Crippen molar-refractivity contribution in [3.05, 3.63) is 96.8 Å². The number of nitriles is 1. The van der Waals surface area contributed by atoms with Gasteiger partial charge in [0.15, 0.2) is 5.82 Å². The topological polar surface area (TPSA) is 100 Å². The maximum atomic E-state index is 8.98. The van der Waals surface area contributed by atoms with Crippen LogP contribution in [0.3, 0.4) is 0 Å². The van der Waals surface area contributed by atoms with Crippen LogP contribution < -0.4 is 5.32 Å². The number of aromatic nitrogens is 5. The third-order valence-corrected chi connectivity index (χ3v) is 4.98. The zero-order valence-corrected chi connectivity index (χ0v) is 17.0. The van der Waals surface area contributed by atoms with Crippen molar-refractivity contribution in [3.63, 3.8) is 0 Å². The Morgan fingerprint density at radius 2 is 1.59 bits per heavy atom. The summed E-state index contributed by atoms with van der Waals surface area (Å²) >= 11 is 0. The van der Waals surface area contributed by atoms with Gasteiger partial charge in [0.2, 0.25) is 5.82 Å². The summed E-state index contributed by atoms with van der Waals surface area (Å²) in [5, 5.41) is 13.3. The molecule has 0 radical (unpaired) electrons. The highest BCUT2D eigenvalue weighted by molar-refractivity contribution is 6.02. The van der Waals surface area contributed by atoms with E-state index in [-0.39, 0.29) is 5.82 Å². The van der Waals surface area contributed by atoms with Gasteiger partial charge in [-0.15, -0.1) is 0 Å². The molecule has 0 fully saturated rings. The molecule has 1 N–H and O–H groups in total. The third kappa shape index (κ3) is 3.85. The lowest BCUT2D eigenvalue weighted by Crippen LogP contribution is -2.06. The Bertz CT molecular complexity index is 1410. The highest BCUT2D eigenvalue weighted by Crippen LogP contribution is 2.34. The number of fused-ring (bicyclic) bond motifs is 1. The van der Waals surface area contributed by atoms with Crippen LogP contribution >= 0.6 is 0 Å². The number of hydrogen-bond acceptors (Lipinski definition) is 7. The Labute approximate surface area is 184 Å². The van der Waals surface area contributed by atoms with Crippen molar-refractivity contribution < 1.29 is 0 Å². The Hall–Kier alpha value is -4.70. The SMILES string of the molecule is N#Cc1ncc(-c2nc(NCc3ccccn3)c3c(-c4ccccc4)cccc3n2)cn1. The molecule has 7 heteroatoms. The van der Waals surface area contributed by atoms with Crippen molar-refractivity contribution in [2.45, 2.75) is 6.54 Å². The van der Waals surface area contributed by atoms with Crippen LogP contribution in [0.25, 0.3) is 33.4 Å². The Morgan fingerprint density at radius 1 is 0.781 bits per heavy atom. The Kier molecular flexibility index (Phi) is 5.17. The van der Waals surface area contributed by atoms with Crippen LogP contribution in [0.5, 0.6) is 0 Å². The van der Waals surface area contributed by atoms with Crippen molar-refractivity contribution in [2.75, 3.05) is 5.32 Å². The molecule has 0 bridgehead atoms. The van der Waals surface area contributed by atoms with E-state index in [1.54, 1.807) is 18.6 Å². The summed E-state index contributed by atoms with van der Waals surface area (Å²) in [6, 6.07) is 23.9. The Balaban J connectivity index is 1.67. The first-order valence-corrected chi connectivity index (χ1v) is 10.0. The fraction of sp³-hybridized carbons (Fsp3) is 0.0400. The zero-order valence-electron chi connectivity index (χ0n) is 17.0. The van der Waals surface area contributed by atoms with Crippen molar-refractivity contribution in [1.82, 2.24) is 24.9 Å². The quantitative estimate of drug-likeness (QED) is 0.446. The van der Waals surface area contributed by atoms with Gasteiger partial charge in [-0.1, -0.05) is 48.5 Å². The van der Waals surface area contributed by atoms with Crippen molar-refractivity contribution >= 4 is 16.7 Å². The van der Waals surface area contributed by atoms with Crippen LogP contribution in [0.1, 0.15) is 11.5 Å². The lowest BCUT2D eigenvalue weighted by Gasteiger charge is -2.14. The van der Waals surface area contributed by atoms with E-state index in [9.17, 15) is 0 Å². The standard InChI is InChI=1S/C25H17N7/c26-13-22-28-14-18(15-29-22)24-31-21-11-6-10-20(17-7-2-1-3-8-17)23(21)25(32-24)30-16-19-9-4-5-12-27-19/h1-12,14-15H,16H2,(H,30,31,32). The highest BCUT2D eigenvalue weighted by Gasteiger charge is 2.15. The molecule has 0 aliphatic rings. The molecule has 0 saturated heterocycles. The second-order valence-electron chi connectivity index (χ2n) is 7.04. The molecule has 0 unspecified atom stereocenters. The molecule has 2 aromatic carbocycles. The molecule has 7 nitrogen and oxygen atoms in total. The minimum absolute atomic E-state index is 0.106. The molecule has 0 atom stereocenters. The third-order valence-electron chi connectivity index (χ3n) is 4.98. The van der Waals surface area contributed by atoms with Gasteiger partial charge in [0.05, 0.1) is 28.7 Å². The van der Waals surface area contributed by atoms with Crippen LogP contribution in [-0.4, -0.2) is 24.9 Å². The number of nitrogens with one attached hydrogen (secondary N) is 1. The molecular formula is C25H17N7. The number of hydrogen-bond donors (Lipinski definition) is 1. The molecule has 3 heterocycles. The van der Waals surface area contributed by atoms with Gasteiger partial charge in [-0.25, -0.2) is 19.9 Å². The van der Waals surface area contributed by atoms with E-state index in [0.717, 1.165) is 27.7 Å². The molecular weight excluding hydrogens is 398 g/mol. The fourth-order valence-corrected chi connectivity index (χ4v) is 3.48. The van der Waals surface area contributed by atoms with Gasteiger partial charge in [-0.05, 0) is 29.3 Å². The molecule has 152 valence electrons. The second-order valence-corrected chi connectivity index (χ2v) is 7.04. The van der Waals surface area contributed by atoms with E-state index < -0.39 is 0 Å². The van der Waals surface area contributed by atoms with E-state index in [2.05, 4.69) is 38.5 Å². The molecule has 32 heavy (non-hydrogen) atoms. The van der Waals surface area contributed by atoms with Gasteiger partial charge < -0.3 is 5.32 Å². The molecule has 0 aliphatic carbocycles. The van der Waals surface area contributed by atoms with Crippen LogP contribution in [0.4, 0.5) is 5.82 Å². The van der Waals surface area contributed by atoms with E-state index in [0.29, 0.717) is 23.8 Å². The first kappa shape index (κ1) is 19.3. The van der Waals surface area contributed by atoms with E-state index >= 15 is 0 Å². The monoisotopic (exact) mass is 415 g/mol. The molecule has 0 spiro atoms. The minimum atomic E-state index is 0.106. The average Bonchev–Trinajstić information content (AvgIpc) is 2.88. The number of benzene rings is 2. The van der Waals surface area contributed by atoms with E-state index in [1.165, 1.54) is 0 Å². The van der Waals surface area contributed by atoms with Crippen LogP contribution in [0, 0.1) is 11.3 Å². The summed E-state index contributed by atoms with van der Waals surface area (Å²) < 4.78 is 0. The molecule has 0 aliphatic heterocycles. The van der Waals surface area contributed by atoms with Crippen LogP contribution in [0.2, 0.25) is 0 Å². The fourth-order valence-electron chi connectivity index (χ4n) is 3.48. The Morgan fingerprint density at radius 3 is 2.34 bits per heavy atom. The molecule has 3 aromatic heterocycles. The normalized spacial score (nSPS) is 10.6. The van der Waals surface area contributed by atoms with Crippen LogP contribution in [-0.2, 0) is 6.54 Å².